The molecule has 0 saturated heterocycles. The summed E-state index contributed by atoms with van der Waals surface area (Å²) in [5.74, 6) is -0.235. The van der Waals surface area contributed by atoms with E-state index in [0.29, 0.717) is 23.8 Å². The largest absolute Gasteiger partial charge is 0.383 e. The minimum absolute atomic E-state index is 0.235. The van der Waals surface area contributed by atoms with Crippen molar-refractivity contribution in [3.05, 3.63) is 58.9 Å². The van der Waals surface area contributed by atoms with Crippen molar-refractivity contribution in [1.82, 2.24) is 0 Å². The fraction of sp³-hybridized carbons (Fsp3) is 0.200. The summed E-state index contributed by atoms with van der Waals surface area (Å²) in [6, 6.07) is 12.4. The fourth-order valence-electron chi connectivity index (χ4n) is 1.78. The third-order valence-electron chi connectivity index (χ3n) is 2.83. The molecule has 0 saturated carbocycles. The van der Waals surface area contributed by atoms with Crippen LogP contribution in [0.1, 0.15) is 5.56 Å². The predicted octanol–water partition coefficient (Wildman–Crippen LogP) is 4.31. The molecule has 0 fully saturated rings. The second-order valence-corrected chi connectivity index (χ2v) is 4.73. The van der Waals surface area contributed by atoms with E-state index < -0.39 is 0 Å². The standard InChI is InChI=1S/C15H16ClFN2/c1-11-6-7-12(16)10-15(11)19-9-8-18-14-5-3-2-4-13(14)17/h2-7,10,18-19H,8-9H2,1H3. The van der Waals surface area contributed by atoms with Crippen molar-refractivity contribution in [2.75, 3.05) is 23.7 Å². The quantitative estimate of drug-likeness (QED) is 0.796. The van der Waals surface area contributed by atoms with Gasteiger partial charge in [0.25, 0.3) is 0 Å². The summed E-state index contributed by atoms with van der Waals surface area (Å²) in [7, 11) is 0. The van der Waals surface area contributed by atoms with Gasteiger partial charge in [-0.25, -0.2) is 4.39 Å². The van der Waals surface area contributed by atoms with E-state index in [1.165, 1.54) is 6.07 Å². The molecule has 0 atom stereocenters. The molecule has 2 nitrogen and oxygen atoms in total. The van der Waals surface area contributed by atoms with Gasteiger partial charge >= 0.3 is 0 Å². The third-order valence-corrected chi connectivity index (χ3v) is 3.06. The lowest BCUT2D eigenvalue weighted by Crippen LogP contribution is -2.14. The van der Waals surface area contributed by atoms with E-state index >= 15 is 0 Å². The highest BCUT2D eigenvalue weighted by Gasteiger charge is 2.00. The normalized spacial score (nSPS) is 10.3. The summed E-state index contributed by atoms with van der Waals surface area (Å²) >= 11 is 5.94. The third kappa shape index (κ3) is 3.86. The monoisotopic (exact) mass is 278 g/mol. The van der Waals surface area contributed by atoms with Crippen molar-refractivity contribution < 1.29 is 4.39 Å². The van der Waals surface area contributed by atoms with Gasteiger partial charge in [0, 0.05) is 23.8 Å². The number of rotatable bonds is 5. The van der Waals surface area contributed by atoms with E-state index in [9.17, 15) is 4.39 Å². The van der Waals surface area contributed by atoms with Crippen LogP contribution < -0.4 is 10.6 Å². The average molecular weight is 279 g/mol. The first-order chi connectivity index (χ1) is 9.16. The molecule has 0 radical (unpaired) electrons. The lowest BCUT2D eigenvalue weighted by molar-refractivity contribution is 0.630. The molecule has 100 valence electrons. The molecule has 0 aliphatic carbocycles. The number of benzene rings is 2. The maximum absolute atomic E-state index is 13.4. The highest BCUT2D eigenvalue weighted by molar-refractivity contribution is 6.30. The van der Waals surface area contributed by atoms with Crippen LogP contribution >= 0.6 is 11.6 Å². The summed E-state index contributed by atoms with van der Waals surface area (Å²) in [6.45, 7) is 3.34. The zero-order valence-corrected chi connectivity index (χ0v) is 11.5. The van der Waals surface area contributed by atoms with Crippen LogP contribution in [0, 0.1) is 12.7 Å². The van der Waals surface area contributed by atoms with Crippen molar-refractivity contribution in [3.63, 3.8) is 0 Å². The maximum atomic E-state index is 13.4. The SMILES string of the molecule is Cc1ccc(Cl)cc1NCCNc1ccccc1F. The van der Waals surface area contributed by atoms with Crippen LogP contribution in [0.25, 0.3) is 0 Å². The van der Waals surface area contributed by atoms with Crippen molar-refractivity contribution >= 4 is 23.0 Å². The number of halogens is 2. The molecule has 0 bridgehead atoms. The van der Waals surface area contributed by atoms with Crippen LogP contribution in [-0.2, 0) is 0 Å². The lowest BCUT2D eigenvalue weighted by Gasteiger charge is -2.11. The van der Waals surface area contributed by atoms with Crippen LogP contribution in [0.5, 0.6) is 0 Å². The minimum atomic E-state index is -0.235. The maximum Gasteiger partial charge on any atom is 0.146 e. The molecular weight excluding hydrogens is 263 g/mol. The summed E-state index contributed by atoms with van der Waals surface area (Å²) < 4.78 is 13.4. The van der Waals surface area contributed by atoms with Crippen LogP contribution in [0.2, 0.25) is 5.02 Å². The highest BCUT2D eigenvalue weighted by Crippen LogP contribution is 2.19. The second-order valence-electron chi connectivity index (χ2n) is 4.29. The van der Waals surface area contributed by atoms with E-state index in [0.717, 1.165) is 11.3 Å². The van der Waals surface area contributed by atoms with E-state index in [1.54, 1.807) is 18.2 Å². The van der Waals surface area contributed by atoms with Gasteiger partial charge in [0.15, 0.2) is 0 Å². The zero-order chi connectivity index (χ0) is 13.7. The molecule has 0 aliphatic rings. The summed E-state index contributed by atoms with van der Waals surface area (Å²) in [6.07, 6.45) is 0. The molecule has 2 N–H and O–H groups in total. The molecule has 0 unspecified atom stereocenters. The van der Waals surface area contributed by atoms with Gasteiger partial charge in [-0.3, -0.25) is 0 Å². The Hall–Kier alpha value is -1.74. The smallest absolute Gasteiger partial charge is 0.146 e. The van der Waals surface area contributed by atoms with Crippen molar-refractivity contribution in [1.29, 1.82) is 0 Å². The molecule has 4 heteroatoms. The first-order valence-electron chi connectivity index (χ1n) is 6.15. The molecule has 0 amide bonds. The Balaban J connectivity index is 1.84. The molecule has 0 heterocycles. The molecule has 0 aromatic heterocycles. The van der Waals surface area contributed by atoms with Crippen molar-refractivity contribution in [2.45, 2.75) is 6.92 Å². The summed E-state index contributed by atoms with van der Waals surface area (Å²) in [4.78, 5) is 0. The van der Waals surface area contributed by atoms with Gasteiger partial charge in [-0.15, -0.1) is 0 Å². The van der Waals surface area contributed by atoms with Crippen molar-refractivity contribution in [2.24, 2.45) is 0 Å². The van der Waals surface area contributed by atoms with Crippen LogP contribution in [-0.4, -0.2) is 13.1 Å². The first kappa shape index (κ1) is 13.7. The molecular formula is C15H16ClFN2. The van der Waals surface area contributed by atoms with E-state index in [2.05, 4.69) is 10.6 Å². The average Bonchev–Trinajstić information content (AvgIpc) is 2.40. The number of nitrogens with one attached hydrogen (secondary N) is 2. The Morgan fingerprint density at radius 1 is 1.00 bits per heavy atom. The zero-order valence-electron chi connectivity index (χ0n) is 10.7. The number of para-hydroxylation sites is 1. The lowest BCUT2D eigenvalue weighted by atomic mass is 10.2. The Morgan fingerprint density at radius 2 is 1.68 bits per heavy atom. The van der Waals surface area contributed by atoms with E-state index in [-0.39, 0.29) is 5.82 Å². The van der Waals surface area contributed by atoms with Gasteiger partial charge in [0.2, 0.25) is 0 Å². The van der Waals surface area contributed by atoms with E-state index in [1.807, 2.05) is 25.1 Å². The molecule has 2 rings (SSSR count). The molecule has 0 spiro atoms. The van der Waals surface area contributed by atoms with Gasteiger partial charge in [0.05, 0.1) is 5.69 Å². The predicted molar refractivity (Wildman–Crippen MR) is 79.6 cm³/mol. The van der Waals surface area contributed by atoms with Gasteiger partial charge in [-0.1, -0.05) is 29.8 Å². The van der Waals surface area contributed by atoms with Gasteiger partial charge in [0.1, 0.15) is 5.82 Å². The topological polar surface area (TPSA) is 24.1 Å². The van der Waals surface area contributed by atoms with Crippen molar-refractivity contribution in [3.8, 4) is 0 Å². The van der Waals surface area contributed by atoms with Crippen LogP contribution in [0.3, 0.4) is 0 Å². The number of anilines is 2. The van der Waals surface area contributed by atoms with Gasteiger partial charge in [-0.05, 0) is 36.8 Å². The van der Waals surface area contributed by atoms with Gasteiger partial charge < -0.3 is 10.6 Å². The van der Waals surface area contributed by atoms with Gasteiger partial charge in [-0.2, -0.15) is 0 Å². The Kier molecular flexibility index (Phi) is 4.63. The minimum Gasteiger partial charge on any atom is -0.383 e. The molecule has 2 aromatic rings. The Labute approximate surface area is 117 Å². The summed E-state index contributed by atoms with van der Waals surface area (Å²) in [5, 5.41) is 7.02. The Morgan fingerprint density at radius 3 is 2.42 bits per heavy atom. The summed E-state index contributed by atoms with van der Waals surface area (Å²) in [5.41, 5.74) is 2.66. The van der Waals surface area contributed by atoms with Crippen LogP contribution in [0.4, 0.5) is 15.8 Å². The highest BCUT2D eigenvalue weighted by atomic mass is 35.5. The molecule has 19 heavy (non-hydrogen) atoms. The Bertz CT molecular complexity index is 558. The number of hydrogen-bond donors (Lipinski definition) is 2. The fourth-order valence-corrected chi connectivity index (χ4v) is 1.96. The van der Waals surface area contributed by atoms with Crippen LogP contribution in [0.15, 0.2) is 42.5 Å². The second kappa shape index (κ2) is 6.43. The molecule has 0 aliphatic heterocycles. The number of aryl methyl sites for hydroxylation is 1. The first-order valence-corrected chi connectivity index (χ1v) is 6.53. The van der Waals surface area contributed by atoms with E-state index in [4.69, 9.17) is 11.6 Å². The molecule has 2 aromatic carbocycles. The number of hydrogen-bond acceptors (Lipinski definition) is 2.